The van der Waals surface area contributed by atoms with Gasteiger partial charge in [-0.05, 0) is 22.8 Å². The number of ketones is 1. The summed E-state index contributed by atoms with van der Waals surface area (Å²) in [6.45, 7) is 0. The Hall–Kier alpha value is -2.66. The number of carbonyl (C=O) groups excluding carboxylic acids is 2. The third kappa shape index (κ3) is 2.69. The zero-order valence-corrected chi connectivity index (χ0v) is 14.5. The summed E-state index contributed by atoms with van der Waals surface area (Å²) in [5, 5.41) is 12.9. The van der Waals surface area contributed by atoms with E-state index in [4.69, 9.17) is 9.47 Å². The Morgan fingerprint density at radius 1 is 1.19 bits per heavy atom. The van der Waals surface area contributed by atoms with Gasteiger partial charge in [0.2, 0.25) is 0 Å². The van der Waals surface area contributed by atoms with Crippen LogP contribution in [0.2, 0.25) is 0 Å². The van der Waals surface area contributed by atoms with Crippen LogP contribution in [0, 0.1) is 0 Å². The minimum absolute atomic E-state index is 0.0244. The maximum atomic E-state index is 12.6. The third-order valence-corrected chi connectivity index (χ3v) is 5.21. The maximum absolute atomic E-state index is 12.6. The Balaban J connectivity index is 1.84. The number of Topliss-reactive ketones (excluding diaryl/α,β-unsaturated/α-hetero) is 1. The van der Waals surface area contributed by atoms with Crippen molar-refractivity contribution in [2.24, 2.45) is 0 Å². The lowest BCUT2D eigenvalue weighted by molar-refractivity contribution is -0.222. The summed E-state index contributed by atoms with van der Waals surface area (Å²) in [5.74, 6) is -2.87. The monoisotopic (exact) mass is 352 g/mol. The summed E-state index contributed by atoms with van der Waals surface area (Å²) in [4.78, 5) is 24.7. The second kappa shape index (κ2) is 6.25. The first-order valence-electron chi connectivity index (χ1n) is 8.76. The summed E-state index contributed by atoms with van der Waals surface area (Å²) in [6, 6.07) is 13.9. The van der Waals surface area contributed by atoms with E-state index in [0.29, 0.717) is 30.6 Å². The van der Waals surface area contributed by atoms with Gasteiger partial charge in [0.15, 0.2) is 5.78 Å². The molecule has 4 rings (SSSR count). The first kappa shape index (κ1) is 16.8. The number of benzene rings is 2. The smallest absolute Gasteiger partial charge is 0.379 e. The SMILES string of the molecule is COC(=O)C1(O)CC(c2ccc3ccccc3c2)C2=C(CCCC2=O)O1. The largest absolute Gasteiger partial charge is 0.464 e. The average Bonchev–Trinajstić information content (AvgIpc) is 2.66. The molecule has 2 unspecified atom stereocenters. The van der Waals surface area contributed by atoms with Gasteiger partial charge in [0.05, 0.1) is 7.11 Å². The van der Waals surface area contributed by atoms with Crippen molar-refractivity contribution in [2.45, 2.75) is 37.4 Å². The Morgan fingerprint density at radius 3 is 2.73 bits per heavy atom. The molecule has 0 spiro atoms. The molecule has 1 heterocycles. The van der Waals surface area contributed by atoms with Crippen LogP contribution in [-0.2, 0) is 19.1 Å². The zero-order chi connectivity index (χ0) is 18.3. The molecule has 1 aliphatic carbocycles. The standard InChI is InChI=1S/C21H20O5/c1-25-20(23)21(24)12-16(19-17(22)7-4-8-18(19)26-21)15-10-9-13-5-2-3-6-14(13)11-15/h2-3,5-6,9-11,16,24H,4,7-8,12H2,1H3. The molecule has 2 aromatic rings. The number of rotatable bonds is 2. The first-order chi connectivity index (χ1) is 12.5. The summed E-state index contributed by atoms with van der Waals surface area (Å²) in [7, 11) is 1.21. The minimum atomic E-state index is -2.07. The summed E-state index contributed by atoms with van der Waals surface area (Å²) >= 11 is 0. The second-order valence-electron chi connectivity index (χ2n) is 6.85. The van der Waals surface area contributed by atoms with Gasteiger partial charge in [-0.25, -0.2) is 4.79 Å². The third-order valence-electron chi connectivity index (χ3n) is 5.21. The number of fused-ring (bicyclic) bond motifs is 1. The molecule has 5 nitrogen and oxygen atoms in total. The molecule has 1 N–H and O–H groups in total. The topological polar surface area (TPSA) is 72.8 Å². The number of methoxy groups -OCH3 is 1. The highest BCUT2D eigenvalue weighted by molar-refractivity contribution is 5.99. The molecule has 134 valence electrons. The molecule has 0 amide bonds. The van der Waals surface area contributed by atoms with Crippen LogP contribution in [-0.4, -0.2) is 29.8 Å². The molecule has 0 bridgehead atoms. The zero-order valence-electron chi connectivity index (χ0n) is 14.5. The lowest BCUT2D eigenvalue weighted by Gasteiger charge is -2.39. The van der Waals surface area contributed by atoms with Crippen LogP contribution < -0.4 is 0 Å². The van der Waals surface area contributed by atoms with Gasteiger partial charge in [0.1, 0.15) is 5.76 Å². The van der Waals surface area contributed by atoms with Gasteiger partial charge in [-0.15, -0.1) is 0 Å². The first-order valence-corrected chi connectivity index (χ1v) is 8.76. The molecule has 0 aromatic heterocycles. The van der Waals surface area contributed by atoms with E-state index in [-0.39, 0.29) is 12.2 Å². The fraction of sp³-hybridized carbons (Fsp3) is 0.333. The second-order valence-corrected chi connectivity index (χ2v) is 6.85. The Morgan fingerprint density at radius 2 is 1.96 bits per heavy atom. The number of ether oxygens (including phenoxy) is 2. The minimum Gasteiger partial charge on any atom is -0.464 e. The van der Waals surface area contributed by atoms with Crippen LogP contribution in [0.4, 0.5) is 0 Å². The number of allylic oxidation sites excluding steroid dienone is 2. The molecule has 2 aromatic carbocycles. The van der Waals surface area contributed by atoms with E-state index >= 15 is 0 Å². The van der Waals surface area contributed by atoms with Gasteiger partial charge < -0.3 is 14.6 Å². The Kier molecular flexibility index (Phi) is 4.04. The van der Waals surface area contributed by atoms with Crippen LogP contribution in [0.1, 0.15) is 37.2 Å². The molecule has 0 radical (unpaired) electrons. The number of esters is 1. The molecule has 0 saturated heterocycles. The molecular weight excluding hydrogens is 332 g/mol. The predicted octanol–water partition coefficient (Wildman–Crippen LogP) is 3.21. The molecule has 5 heteroatoms. The number of hydrogen-bond acceptors (Lipinski definition) is 5. The molecule has 26 heavy (non-hydrogen) atoms. The quantitative estimate of drug-likeness (QED) is 0.840. The molecule has 2 atom stereocenters. The van der Waals surface area contributed by atoms with Crippen molar-refractivity contribution >= 4 is 22.5 Å². The molecular formula is C21H20O5. The predicted molar refractivity (Wildman–Crippen MR) is 95.2 cm³/mol. The van der Waals surface area contributed by atoms with E-state index in [9.17, 15) is 14.7 Å². The van der Waals surface area contributed by atoms with Crippen LogP contribution in [0.3, 0.4) is 0 Å². The highest BCUT2D eigenvalue weighted by atomic mass is 16.7. The molecule has 1 aliphatic heterocycles. The Labute approximate surface area is 151 Å². The van der Waals surface area contributed by atoms with Crippen molar-refractivity contribution in [1.82, 2.24) is 0 Å². The van der Waals surface area contributed by atoms with E-state index in [2.05, 4.69) is 0 Å². The fourth-order valence-corrected chi connectivity index (χ4v) is 3.95. The normalized spacial score (nSPS) is 25.6. The lowest BCUT2D eigenvalue weighted by Crippen LogP contribution is -2.47. The van der Waals surface area contributed by atoms with E-state index < -0.39 is 17.7 Å². The summed E-state index contributed by atoms with van der Waals surface area (Å²) < 4.78 is 10.3. The summed E-state index contributed by atoms with van der Waals surface area (Å²) in [6.07, 6.45) is 1.61. The molecule has 0 fully saturated rings. The van der Waals surface area contributed by atoms with Crippen LogP contribution >= 0.6 is 0 Å². The number of carbonyl (C=O) groups is 2. The number of hydrogen-bond donors (Lipinski definition) is 1. The van der Waals surface area contributed by atoms with Gasteiger partial charge in [0, 0.05) is 30.8 Å². The molecule has 2 aliphatic rings. The van der Waals surface area contributed by atoms with Crippen LogP contribution in [0.15, 0.2) is 53.8 Å². The van der Waals surface area contributed by atoms with Crippen molar-refractivity contribution in [3.05, 3.63) is 59.4 Å². The van der Waals surface area contributed by atoms with E-state index in [1.54, 1.807) is 0 Å². The van der Waals surface area contributed by atoms with Gasteiger partial charge in [0.25, 0.3) is 0 Å². The van der Waals surface area contributed by atoms with E-state index in [1.165, 1.54) is 7.11 Å². The van der Waals surface area contributed by atoms with E-state index in [0.717, 1.165) is 16.3 Å². The van der Waals surface area contributed by atoms with Crippen molar-refractivity contribution in [3.8, 4) is 0 Å². The van der Waals surface area contributed by atoms with Crippen LogP contribution in [0.25, 0.3) is 10.8 Å². The van der Waals surface area contributed by atoms with Crippen molar-refractivity contribution in [1.29, 1.82) is 0 Å². The highest BCUT2D eigenvalue weighted by Crippen LogP contribution is 2.45. The van der Waals surface area contributed by atoms with Crippen molar-refractivity contribution < 1.29 is 24.2 Å². The van der Waals surface area contributed by atoms with Gasteiger partial charge in [-0.3, -0.25) is 4.79 Å². The summed E-state index contributed by atoms with van der Waals surface area (Å²) in [5.41, 5.74) is 1.47. The van der Waals surface area contributed by atoms with Gasteiger partial charge in [-0.1, -0.05) is 42.5 Å². The van der Waals surface area contributed by atoms with E-state index in [1.807, 2.05) is 42.5 Å². The maximum Gasteiger partial charge on any atom is 0.379 e. The van der Waals surface area contributed by atoms with Crippen molar-refractivity contribution in [2.75, 3.05) is 7.11 Å². The highest BCUT2D eigenvalue weighted by Gasteiger charge is 2.50. The van der Waals surface area contributed by atoms with Gasteiger partial charge in [-0.2, -0.15) is 0 Å². The lowest BCUT2D eigenvalue weighted by atomic mass is 9.77. The van der Waals surface area contributed by atoms with Crippen molar-refractivity contribution in [3.63, 3.8) is 0 Å². The fourth-order valence-electron chi connectivity index (χ4n) is 3.95. The van der Waals surface area contributed by atoms with Gasteiger partial charge >= 0.3 is 11.8 Å². The number of aliphatic hydroxyl groups is 1. The van der Waals surface area contributed by atoms with Crippen LogP contribution in [0.5, 0.6) is 0 Å². The Bertz CT molecular complexity index is 929. The average molecular weight is 352 g/mol. The molecule has 0 saturated carbocycles.